The van der Waals surface area contributed by atoms with Gasteiger partial charge in [0, 0.05) is 47.7 Å². The highest BCUT2D eigenvalue weighted by molar-refractivity contribution is 6.31. The van der Waals surface area contributed by atoms with Gasteiger partial charge in [-0.2, -0.15) is 13.2 Å². The first kappa shape index (κ1) is 63.8. The van der Waals surface area contributed by atoms with Crippen molar-refractivity contribution in [3.05, 3.63) is 136 Å². The summed E-state index contributed by atoms with van der Waals surface area (Å²) in [6.07, 6.45) is -5.33. The summed E-state index contributed by atoms with van der Waals surface area (Å²) in [5.74, 6) is -3.79. The third-order valence-electron chi connectivity index (χ3n) is 13.5. The second-order valence-electron chi connectivity index (χ2n) is 21.8. The maximum Gasteiger partial charge on any atom is 0.490 e. The van der Waals surface area contributed by atoms with Crippen LogP contribution in [-0.2, 0) is 66.4 Å². The van der Waals surface area contributed by atoms with Crippen molar-refractivity contribution in [1.82, 2.24) is 34.5 Å². The van der Waals surface area contributed by atoms with Gasteiger partial charge in [0.25, 0.3) is 0 Å². The summed E-state index contributed by atoms with van der Waals surface area (Å²) in [4.78, 5) is 90.7. The number of aromatic nitrogens is 2. The van der Waals surface area contributed by atoms with E-state index in [2.05, 4.69) is 10.3 Å². The molecule has 3 N–H and O–H groups in total. The number of rotatable bonds is 17. The molecule has 0 unspecified atom stereocenters. The van der Waals surface area contributed by atoms with Crippen molar-refractivity contribution in [3.63, 3.8) is 0 Å². The Bertz CT molecular complexity index is 3070. The van der Waals surface area contributed by atoms with Gasteiger partial charge in [0.15, 0.2) is 0 Å². The number of halogens is 5. The Kier molecular flexibility index (Phi) is 20.7. The monoisotopic (exact) mass is 1180 g/mol. The van der Waals surface area contributed by atoms with Gasteiger partial charge >= 0.3 is 30.3 Å². The molecule has 2 aliphatic rings. The van der Waals surface area contributed by atoms with Gasteiger partial charge in [-0.25, -0.2) is 24.2 Å². The van der Waals surface area contributed by atoms with Crippen molar-refractivity contribution in [2.75, 3.05) is 33.8 Å². The Morgan fingerprint density at radius 3 is 2.12 bits per heavy atom. The fourth-order valence-corrected chi connectivity index (χ4v) is 9.74. The highest BCUT2D eigenvalue weighted by atomic mass is 35.5. The van der Waals surface area contributed by atoms with E-state index in [-0.39, 0.29) is 31.9 Å². The van der Waals surface area contributed by atoms with E-state index in [4.69, 9.17) is 52.1 Å². The lowest BCUT2D eigenvalue weighted by Gasteiger charge is -2.45. The number of carboxylic acids is 2. The lowest BCUT2D eigenvalue weighted by molar-refractivity contribution is -0.192. The van der Waals surface area contributed by atoms with E-state index in [1.165, 1.54) is 11.8 Å². The lowest BCUT2D eigenvalue weighted by atomic mass is 9.82. The number of ether oxygens (including phenoxy) is 4. The first-order valence-corrected chi connectivity index (χ1v) is 26.9. The Balaban J connectivity index is 0.00000145. The average molecular weight is 1180 g/mol. The molecule has 0 saturated carbocycles. The molecule has 4 aromatic carbocycles. The molecule has 19 nitrogen and oxygen atoms in total. The fraction of sp³-hybridized carbons (Fsp3) is 0.431. The van der Waals surface area contributed by atoms with E-state index < -0.39 is 77.2 Å². The van der Waals surface area contributed by atoms with Crippen molar-refractivity contribution in [2.24, 2.45) is 7.05 Å². The molecule has 0 bridgehead atoms. The number of alkyl halides is 3. The third kappa shape index (κ3) is 17.1. The van der Waals surface area contributed by atoms with Gasteiger partial charge in [0.2, 0.25) is 17.9 Å². The van der Waals surface area contributed by atoms with Gasteiger partial charge in [-0.1, -0.05) is 71.7 Å². The maximum absolute atomic E-state index is 15.3. The highest BCUT2D eigenvalue weighted by Crippen LogP contribution is 2.35. The van der Waals surface area contributed by atoms with Crippen LogP contribution in [0.25, 0.3) is 11.3 Å². The van der Waals surface area contributed by atoms with E-state index in [1.54, 1.807) is 112 Å². The summed E-state index contributed by atoms with van der Waals surface area (Å²) >= 11 is 12.8. The summed E-state index contributed by atoms with van der Waals surface area (Å²) in [5.41, 5.74) is 0.534. The van der Waals surface area contributed by atoms with Crippen molar-refractivity contribution in [3.8, 4) is 22.8 Å². The van der Waals surface area contributed by atoms with Gasteiger partial charge in [0.1, 0.15) is 40.7 Å². The molecule has 4 amide bonds. The Morgan fingerprint density at radius 1 is 0.890 bits per heavy atom. The van der Waals surface area contributed by atoms with Crippen molar-refractivity contribution >= 4 is 59.1 Å². The molecule has 2 fully saturated rings. The Morgan fingerprint density at radius 2 is 1.52 bits per heavy atom. The number of hydrogen-bond acceptors (Lipinski definition) is 12. The number of nitrogens with one attached hydrogen (secondary N) is 1. The molecule has 82 heavy (non-hydrogen) atoms. The zero-order valence-corrected chi connectivity index (χ0v) is 48.5. The standard InChI is InChI=1S/C56H67Cl2N7O10.C2HF3O2/c1-36(50(67)65-45(34-72-55(65,5)6)49(66)60-56(30-38-16-21-41(57)22-17-38)26-13-27-63(35-56)52(70)75-54(2,3)4)64(53(71)74-47(51(68)69)28-37-14-11-10-12-15-37)32-40-18-23-42(58)29-46(40)73-43-24-19-39(20-25-43)44-31-59-48(62(44)9)33-61(7)8;3-2(4,5)1(6)7/h10-12,14-25,29,31,36,45,47H,13,26-28,30,32-35H2,1-9H3,(H,60,66)(H,68,69);(H,6,7)/t36-,45-,47-,56+;/m0./s1. The molecular weight excluding hydrogens is 1110 g/mol. The number of carbonyl (C=O) groups is 6. The van der Waals surface area contributed by atoms with Gasteiger partial charge in [-0.15, -0.1) is 0 Å². The number of hydrogen-bond donors (Lipinski definition) is 3. The van der Waals surface area contributed by atoms with Crippen LogP contribution in [0, 0.1) is 0 Å². The second kappa shape index (κ2) is 26.7. The zero-order valence-electron chi connectivity index (χ0n) is 47.0. The van der Waals surface area contributed by atoms with Crippen LogP contribution >= 0.6 is 23.2 Å². The predicted molar refractivity (Wildman–Crippen MR) is 298 cm³/mol. The molecule has 2 saturated heterocycles. The van der Waals surface area contributed by atoms with Crippen LogP contribution in [0.3, 0.4) is 0 Å². The summed E-state index contributed by atoms with van der Waals surface area (Å²) < 4.78 is 58.0. The molecule has 2 aliphatic heterocycles. The van der Waals surface area contributed by atoms with Crippen molar-refractivity contribution in [1.29, 1.82) is 0 Å². The topological polar surface area (TPSA) is 223 Å². The van der Waals surface area contributed by atoms with E-state index in [1.807, 2.05) is 61.1 Å². The molecule has 7 rings (SSSR count). The van der Waals surface area contributed by atoms with Crippen LogP contribution in [0.4, 0.5) is 22.8 Å². The van der Waals surface area contributed by atoms with E-state index in [9.17, 15) is 37.5 Å². The van der Waals surface area contributed by atoms with E-state index in [0.717, 1.165) is 27.5 Å². The van der Waals surface area contributed by atoms with Crippen LogP contribution in [-0.4, -0.2) is 150 Å². The summed E-state index contributed by atoms with van der Waals surface area (Å²) in [7, 11) is 5.91. The van der Waals surface area contributed by atoms with Crippen LogP contribution in [0.2, 0.25) is 10.0 Å². The van der Waals surface area contributed by atoms with Crippen molar-refractivity contribution in [2.45, 2.75) is 122 Å². The largest absolute Gasteiger partial charge is 0.490 e. The second-order valence-corrected chi connectivity index (χ2v) is 22.7. The lowest BCUT2D eigenvalue weighted by Crippen LogP contribution is -2.65. The number of aliphatic carboxylic acids is 2. The molecule has 0 spiro atoms. The minimum atomic E-state index is -5.08. The SMILES string of the molecule is C[C@@H](C(=O)N1[C@H](C(=O)N[C@@]2(Cc3ccc(Cl)cc3)CCCN(C(=O)OC(C)(C)C)C2)COC1(C)C)N(Cc1ccc(Cl)cc1Oc1ccc(-c2cnc(CN(C)C)n2C)cc1)C(=O)O[C@@H](Cc1ccccc1)C(=O)O.O=C(O)C(F)(F)F. The average Bonchev–Trinajstić information content (AvgIpc) is 4.00. The van der Waals surface area contributed by atoms with E-state index >= 15 is 4.79 Å². The van der Waals surface area contributed by atoms with E-state index in [0.29, 0.717) is 59.3 Å². The number of likely N-dealkylation sites (tertiary alicyclic amines) is 1. The van der Waals surface area contributed by atoms with Crippen molar-refractivity contribution < 1.29 is 71.1 Å². The highest BCUT2D eigenvalue weighted by Gasteiger charge is 2.51. The number of carbonyl (C=O) groups excluding carboxylic acids is 4. The smallest absolute Gasteiger partial charge is 0.478 e. The van der Waals surface area contributed by atoms with Gasteiger partial charge < -0.3 is 48.8 Å². The van der Waals surface area contributed by atoms with Crippen LogP contribution in [0.1, 0.15) is 76.9 Å². The molecule has 0 radical (unpaired) electrons. The minimum absolute atomic E-state index is 0.114. The molecule has 24 heteroatoms. The summed E-state index contributed by atoms with van der Waals surface area (Å²) in [6.45, 7) is 10.8. The molecule has 0 aliphatic carbocycles. The van der Waals surface area contributed by atoms with Crippen LogP contribution < -0.4 is 10.1 Å². The molecule has 3 heterocycles. The fourth-order valence-electron chi connectivity index (χ4n) is 9.45. The number of imidazole rings is 1. The van der Waals surface area contributed by atoms with Gasteiger partial charge in [-0.3, -0.25) is 19.4 Å². The first-order chi connectivity index (χ1) is 38.3. The minimum Gasteiger partial charge on any atom is -0.478 e. The first-order valence-electron chi connectivity index (χ1n) is 26.1. The normalized spacial score (nSPS) is 17.7. The molecule has 5 aromatic rings. The molecule has 1 aromatic heterocycles. The van der Waals surface area contributed by atoms with Crippen LogP contribution in [0.5, 0.6) is 11.5 Å². The summed E-state index contributed by atoms with van der Waals surface area (Å²) in [5, 5.41) is 21.6. The zero-order chi connectivity index (χ0) is 60.5. The number of nitrogens with zero attached hydrogens (tertiary/aromatic N) is 6. The predicted octanol–water partition coefficient (Wildman–Crippen LogP) is 10.00. The maximum atomic E-state index is 15.3. The number of benzene rings is 4. The van der Waals surface area contributed by atoms with Gasteiger partial charge in [-0.05, 0) is 135 Å². The van der Waals surface area contributed by atoms with Gasteiger partial charge in [0.05, 0.1) is 37.1 Å². The molecule has 4 atom stereocenters. The third-order valence-corrected chi connectivity index (χ3v) is 14.0. The molecular formula is C58H68Cl2F3N7O12. The number of piperidine rings is 1. The quantitative estimate of drug-likeness (QED) is 0.0789. The number of amides is 4. The summed E-state index contributed by atoms with van der Waals surface area (Å²) in [6, 6.07) is 25.6. The Hall–Kier alpha value is -7.40. The van der Waals surface area contributed by atoms with Crippen LogP contribution in [0.15, 0.2) is 103 Å². The molecule has 442 valence electrons. The Labute approximate surface area is 483 Å². The number of carboxylic acid groups (broad SMARTS) is 2.